The predicted molar refractivity (Wildman–Crippen MR) is 80.6 cm³/mol. The molecule has 0 bridgehead atoms. The van der Waals surface area contributed by atoms with Gasteiger partial charge in [0, 0.05) is 31.6 Å². The number of aryl methyl sites for hydroxylation is 1. The van der Waals surface area contributed by atoms with Gasteiger partial charge in [-0.05, 0) is 12.8 Å². The molecule has 1 fully saturated rings. The van der Waals surface area contributed by atoms with E-state index in [0.717, 1.165) is 0 Å². The minimum absolute atomic E-state index is 0.0717. The van der Waals surface area contributed by atoms with Crippen LogP contribution >= 0.6 is 11.3 Å². The Morgan fingerprint density at radius 1 is 1.27 bits per heavy atom. The summed E-state index contributed by atoms with van der Waals surface area (Å²) in [6.45, 7) is 0.127. The fourth-order valence-electron chi connectivity index (χ4n) is 2.89. The van der Waals surface area contributed by atoms with E-state index in [9.17, 15) is 14.4 Å². The number of carbonyl (C=O) groups is 3. The molecule has 1 aliphatic heterocycles. The molecule has 1 saturated heterocycles. The maximum atomic E-state index is 12.3. The lowest BCUT2D eigenvalue weighted by Gasteiger charge is -2.14. The largest absolute Gasteiger partial charge is 0.327 e. The van der Waals surface area contributed by atoms with E-state index in [2.05, 4.69) is 4.99 Å². The SMILES string of the molecule is Cn1ccsc1=NC(=O)CCN1C(=O)[C@H]2CC=CC[C@@H]2C1=O. The number of imide groups is 1. The van der Waals surface area contributed by atoms with Crippen LogP contribution in [0.1, 0.15) is 19.3 Å². The Kier molecular flexibility index (Phi) is 4.06. The lowest BCUT2D eigenvalue weighted by Crippen LogP contribution is -2.33. The molecular weight excluding hydrogens is 302 g/mol. The van der Waals surface area contributed by atoms with E-state index < -0.39 is 0 Å². The summed E-state index contributed by atoms with van der Waals surface area (Å²) in [5.41, 5.74) is 0. The van der Waals surface area contributed by atoms with Crippen molar-refractivity contribution >= 4 is 29.1 Å². The zero-order chi connectivity index (χ0) is 15.7. The van der Waals surface area contributed by atoms with Crippen molar-refractivity contribution in [2.24, 2.45) is 23.9 Å². The molecule has 0 unspecified atom stereocenters. The van der Waals surface area contributed by atoms with E-state index in [-0.39, 0.29) is 42.5 Å². The number of fused-ring (bicyclic) bond motifs is 1. The first-order chi connectivity index (χ1) is 10.6. The number of thiazole rings is 1. The van der Waals surface area contributed by atoms with Gasteiger partial charge in [-0.25, -0.2) is 0 Å². The van der Waals surface area contributed by atoms with Gasteiger partial charge >= 0.3 is 0 Å². The van der Waals surface area contributed by atoms with Gasteiger partial charge in [0.15, 0.2) is 4.80 Å². The molecule has 116 valence electrons. The molecule has 3 rings (SSSR count). The average Bonchev–Trinajstić information content (AvgIpc) is 3.01. The predicted octanol–water partition coefficient (Wildman–Crippen LogP) is 0.855. The molecule has 0 spiro atoms. The maximum absolute atomic E-state index is 12.3. The number of likely N-dealkylation sites (tertiary alicyclic amines) is 1. The van der Waals surface area contributed by atoms with E-state index in [0.29, 0.717) is 17.6 Å². The van der Waals surface area contributed by atoms with Crippen LogP contribution in [0, 0.1) is 11.8 Å². The Bertz CT molecular complexity index is 690. The number of carbonyl (C=O) groups excluding carboxylic acids is 3. The van der Waals surface area contributed by atoms with Crippen molar-refractivity contribution in [3.05, 3.63) is 28.5 Å². The number of nitrogens with zero attached hydrogens (tertiary/aromatic N) is 3. The van der Waals surface area contributed by atoms with Gasteiger partial charge in [0.25, 0.3) is 0 Å². The summed E-state index contributed by atoms with van der Waals surface area (Å²) in [4.78, 5) is 42.3. The van der Waals surface area contributed by atoms with Gasteiger partial charge in [0.05, 0.1) is 11.8 Å². The molecule has 0 saturated carbocycles. The summed E-state index contributed by atoms with van der Waals surface area (Å²) in [6, 6.07) is 0. The Hall–Kier alpha value is -2.02. The highest BCUT2D eigenvalue weighted by Crippen LogP contribution is 2.34. The van der Waals surface area contributed by atoms with Crippen molar-refractivity contribution in [3.8, 4) is 0 Å². The molecule has 2 aliphatic rings. The Morgan fingerprint density at radius 2 is 1.91 bits per heavy atom. The van der Waals surface area contributed by atoms with Gasteiger partial charge in [-0.15, -0.1) is 11.3 Å². The van der Waals surface area contributed by atoms with E-state index in [1.165, 1.54) is 16.2 Å². The molecular formula is C15H17N3O3S. The van der Waals surface area contributed by atoms with Gasteiger partial charge in [-0.1, -0.05) is 12.2 Å². The van der Waals surface area contributed by atoms with Crippen LogP contribution in [0.15, 0.2) is 28.7 Å². The van der Waals surface area contributed by atoms with Crippen molar-refractivity contribution in [1.82, 2.24) is 9.47 Å². The molecule has 7 heteroatoms. The Labute approximate surface area is 131 Å². The standard InChI is InChI=1S/C15H17N3O3S/c1-17-8-9-22-15(17)16-12(19)6-7-18-13(20)10-4-2-3-5-11(10)14(18)21/h2-3,8-11H,4-7H2,1H3/t10-,11-/m0/s1. The maximum Gasteiger partial charge on any atom is 0.250 e. The number of hydrogen-bond acceptors (Lipinski definition) is 4. The Balaban J connectivity index is 1.65. The van der Waals surface area contributed by atoms with E-state index in [1.807, 2.05) is 30.8 Å². The van der Waals surface area contributed by atoms with E-state index >= 15 is 0 Å². The third kappa shape index (κ3) is 2.68. The van der Waals surface area contributed by atoms with Gasteiger partial charge in [-0.2, -0.15) is 4.99 Å². The minimum Gasteiger partial charge on any atom is -0.327 e. The second kappa shape index (κ2) is 6.00. The molecule has 3 amide bonds. The van der Waals surface area contributed by atoms with Gasteiger partial charge in [0.2, 0.25) is 17.7 Å². The molecule has 0 N–H and O–H groups in total. The molecule has 2 atom stereocenters. The first-order valence-corrected chi connectivity index (χ1v) is 8.14. The van der Waals surface area contributed by atoms with Crippen LogP contribution in [0.25, 0.3) is 0 Å². The number of allylic oxidation sites excluding steroid dienone is 2. The summed E-state index contributed by atoms with van der Waals surface area (Å²) in [5, 5.41) is 1.84. The second-order valence-electron chi connectivity index (χ2n) is 5.54. The van der Waals surface area contributed by atoms with Gasteiger partial charge in [0.1, 0.15) is 0 Å². The van der Waals surface area contributed by atoms with Crippen molar-refractivity contribution in [2.75, 3.05) is 6.54 Å². The molecule has 1 aromatic rings. The first kappa shape index (κ1) is 14.9. The summed E-state index contributed by atoms with van der Waals surface area (Å²) >= 11 is 1.37. The molecule has 0 aromatic carbocycles. The third-order valence-corrected chi connectivity index (χ3v) is 4.98. The van der Waals surface area contributed by atoms with Crippen LogP contribution < -0.4 is 4.80 Å². The van der Waals surface area contributed by atoms with Crippen molar-refractivity contribution in [3.63, 3.8) is 0 Å². The summed E-state index contributed by atoms with van der Waals surface area (Å²) < 4.78 is 1.76. The normalized spacial score (nSPS) is 25.0. The molecule has 22 heavy (non-hydrogen) atoms. The summed E-state index contributed by atoms with van der Waals surface area (Å²) in [6.07, 6.45) is 7.04. The molecule has 1 aliphatic carbocycles. The van der Waals surface area contributed by atoms with Gasteiger partial charge in [-0.3, -0.25) is 19.3 Å². The third-order valence-electron chi connectivity index (χ3n) is 4.13. The fourth-order valence-corrected chi connectivity index (χ4v) is 3.64. The quantitative estimate of drug-likeness (QED) is 0.613. The van der Waals surface area contributed by atoms with Crippen LogP contribution in [0.3, 0.4) is 0 Å². The van der Waals surface area contributed by atoms with Crippen molar-refractivity contribution in [1.29, 1.82) is 0 Å². The highest BCUT2D eigenvalue weighted by Gasteiger charge is 2.46. The monoisotopic (exact) mass is 319 g/mol. The minimum atomic E-state index is -0.313. The van der Waals surface area contributed by atoms with Crippen molar-refractivity contribution in [2.45, 2.75) is 19.3 Å². The van der Waals surface area contributed by atoms with E-state index in [1.54, 1.807) is 4.57 Å². The molecule has 0 radical (unpaired) electrons. The first-order valence-electron chi connectivity index (χ1n) is 7.26. The second-order valence-corrected chi connectivity index (χ2v) is 6.41. The van der Waals surface area contributed by atoms with Crippen molar-refractivity contribution < 1.29 is 14.4 Å². The number of amides is 3. The number of hydrogen-bond donors (Lipinski definition) is 0. The lowest BCUT2D eigenvalue weighted by molar-refractivity contribution is -0.140. The van der Waals surface area contributed by atoms with Crippen LogP contribution in [0.4, 0.5) is 0 Å². The molecule has 2 heterocycles. The topological polar surface area (TPSA) is 71.7 Å². The van der Waals surface area contributed by atoms with E-state index in [4.69, 9.17) is 0 Å². The molecule has 6 nitrogen and oxygen atoms in total. The van der Waals surface area contributed by atoms with Crippen LogP contribution in [-0.4, -0.2) is 33.7 Å². The summed E-state index contributed by atoms with van der Waals surface area (Å²) in [7, 11) is 1.81. The highest BCUT2D eigenvalue weighted by atomic mass is 32.1. The Morgan fingerprint density at radius 3 is 2.45 bits per heavy atom. The number of aromatic nitrogens is 1. The van der Waals surface area contributed by atoms with Crippen LogP contribution in [-0.2, 0) is 21.4 Å². The zero-order valence-corrected chi connectivity index (χ0v) is 13.1. The van der Waals surface area contributed by atoms with Gasteiger partial charge < -0.3 is 4.57 Å². The average molecular weight is 319 g/mol. The zero-order valence-electron chi connectivity index (χ0n) is 12.3. The number of rotatable bonds is 3. The summed E-state index contributed by atoms with van der Waals surface area (Å²) in [5.74, 6) is -1.08. The highest BCUT2D eigenvalue weighted by molar-refractivity contribution is 7.07. The van der Waals surface area contributed by atoms with Crippen LogP contribution in [0.2, 0.25) is 0 Å². The smallest absolute Gasteiger partial charge is 0.250 e. The molecule has 1 aromatic heterocycles. The fraction of sp³-hybridized carbons (Fsp3) is 0.467. The van der Waals surface area contributed by atoms with Crippen LogP contribution in [0.5, 0.6) is 0 Å². The lowest BCUT2D eigenvalue weighted by atomic mass is 9.85.